The number of amides is 1. The standard InChI is InChI=1S/C19H18FNO/c20-14-8-5-13(6-9-14)16-11-17(16)19(22)21-18-10-7-12-3-1-2-4-15(12)18/h1-6,8-9,16-18H,7,10-11H2,(H,21,22). The molecule has 112 valence electrons. The van der Waals surface area contributed by atoms with E-state index >= 15 is 0 Å². The van der Waals surface area contributed by atoms with Crippen LogP contribution >= 0.6 is 0 Å². The Labute approximate surface area is 129 Å². The first-order chi connectivity index (χ1) is 10.7. The molecule has 2 aliphatic rings. The number of halogens is 1. The van der Waals surface area contributed by atoms with Crippen molar-refractivity contribution >= 4 is 5.91 Å². The van der Waals surface area contributed by atoms with Crippen LogP contribution in [0.4, 0.5) is 4.39 Å². The van der Waals surface area contributed by atoms with Gasteiger partial charge in [-0.15, -0.1) is 0 Å². The maximum Gasteiger partial charge on any atom is 0.224 e. The first kappa shape index (κ1) is 13.5. The Bertz CT molecular complexity index is 710. The van der Waals surface area contributed by atoms with Crippen molar-refractivity contribution < 1.29 is 9.18 Å². The van der Waals surface area contributed by atoms with Gasteiger partial charge in [0.05, 0.1) is 6.04 Å². The molecule has 1 amide bonds. The molecule has 4 rings (SSSR count). The highest BCUT2D eigenvalue weighted by atomic mass is 19.1. The Kier molecular flexibility index (Phi) is 3.21. The molecule has 3 atom stereocenters. The van der Waals surface area contributed by atoms with Crippen molar-refractivity contribution in [3.8, 4) is 0 Å². The normalized spacial score (nSPS) is 25.6. The molecule has 2 nitrogen and oxygen atoms in total. The monoisotopic (exact) mass is 295 g/mol. The van der Waals surface area contributed by atoms with Crippen LogP contribution in [-0.2, 0) is 11.2 Å². The molecule has 1 N–H and O–H groups in total. The van der Waals surface area contributed by atoms with Gasteiger partial charge in [-0.1, -0.05) is 36.4 Å². The summed E-state index contributed by atoms with van der Waals surface area (Å²) in [4.78, 5) is 12.4. The lowest BCUT2D eigenvalue weighted by molar-refractivity contribution is -0.123. The maximum absolute atomic E-state index is 13.0. The number of carbonyl (C=O) groups excluding carboxylic acids is 1. The number of nitrogens with one attached hydrogen (secondary N) is 1. The maximum atomic E-state index is 13.0. The molecule has 3 heteroatoms. The zero-order chi connectivity index (χ0) is 15.1. The Hall–Kier alpha value is -2.16. The van der Waals surface area contributed by atoms with E-state index in [1.807, 2.05) is 6.07 Å². The molecule has 0 heterocycles. The second kappa shape index (κ2) is 5.24. The van der Waals surface area contributed by atoms with Crippen molar-refractivity contribution in [3.05, 3.63) is 71.0 Å². The summed E-state index contributed by atoms with van der Waals surface area (Å²) in [5, 5.41) is 3.20. The van der Waals surface area contributed by atoms with Gasteiger partial charge in [-0.3, -0.25) is 4.79 Å². The third kappa shape index (κ3) is 2.41. The van der Waals surface area contributed by atoms with Gasteiger partial charge in [-0.05, 0) is 54.0 Å². The predicted molar refractivity (Wildman–Crippen MR) is 82.9 cm³/mol. The summed E-state index contributed by atoms with van der Waals surface area (Å²) in [7, 11) is 0. The van der Waals surface area contributed by atoms with Crippen LogP contribution in [0, 0.1) is 11.7 Å². The minimum atomic E-state index is -0.229. The number of benzene rings is 2. The van der Waals surface area contributed by atoms with Crippen LogP contribution < -0.4 is 5.32 Å². The van der Waals surface area contributed by atoms with Crippen LogP contribution in [0.1, 0.15) is 41.5 Å². The number of hydrogen-bond acceptors (Lipinski definition) is 1. The summed E-state index contributed by atoms with van der Waals surface area (Å²) in [6, 6.07) is 15.0. The van der Waals surface area contributed by atoms with E-state index in [1.54, 1.807) is 12.1 Å². The van der Waals surface area contributed by atoms with Crippen LogP contribution in [0.3, 0.4) is 0 Å². The number of rotatable bonds is 3. The minimum absolute atomic E-state index is 0.0400. The summed E-state index contributed by atoms with van der Waals surface area (Å²) >= 11 is 0. The van der Waals surface area contributed by atoms with Crippen LogP contribution in [0.25, 0.3) is 0 Å². The van der Waals surface area contributed by atoms with Crippen molar-refractivity contribution in [2.24, 2.45) is 5.92 Å². The first-order valence-corrected chi connectivity index (χ1v) is 7.86. The van der Waals surface area contributed by atoms with E-state index < -0.39 is 0 Å². The zero-order valence-corrected chi connectivity index (χ0v) is 12.3. The van der Waals surface area contributed by atoms with Gasteiger partial charge in [0.1, 0.15) is 5.82 Å². The van der Waals surface area contributed by atoms with Crippen LogP contribution in [-0.4, -0.2) is 5.91 Å². The average Bonchev–Trinajstić information content (AvgIpc) is 3.24. The molecule has 3 unspecified atom stereocenters. The molecule has 2 aromatic rings. The molecule has 22 heavy (non-hydrogen) atoms. The van der Waals surface area contributed by atoms with Gasteiger partial charge in [-0.25, -0.2) is 4.39 Å². The van der Waals surface area contributed by atoms with E-state index in [4.69, 9.17) is 0 Å². The van der Waals surface area contributed by atoms with Gasteiger partial charge in [-0.2, -0.15) is 0 Å². The third-order valence-corrected chi connectivity index (χ3v) is 4.87. The van der Waals surface area contributed by atoms with E-state index in [2.05, 4.69) is 23.5 Å². The molecule has 2 aromatic carbocycles. The van der Waals surface area contributed by atoms with Crippen molar-refractivity contribution in [2.75, 3.05) is 0 Å². The van der Waals surface area contributed by atoms with Crippen LogP contribution in [0.15, 0.2) is 48.5 Å². The summed E-state index contributed by atoms with van der Waals surface area (Å²) < 4.78 is 13.0. The summed E-state index contributed by atoms with van der Waals surface area (Å²) in [5.41, 5.74) is 3.67. The quantitative estimate of drug-likeness (QED) is 0.918. The minimum Gasteiger partial charge on any atom is -0.349 e. The lowest BCUT2D eigenvalue weighted by atomic mass is 10.1. The smallest absolute Gasteiger partial charge is 0.224 e. The lowest BCUT2D eigenvalue weighted by Gasteiger charge is -2.14. The molecule has 0 radical (unpaired) electrons. The van der Waals surface area contributed by atoms with Crippen molar-refractivity contribution in [1.29, 1.82) is 0 Å². The van der Waals surface area contributed by atoms with E-state index in [0.717, 1.165) is 24.8 Å². The van der Waals surface area contributed by atoms with Crippen LogP contribution in [0.5, 0.6) is 0 Å². The zero-order valence-electron chi connectivity index (χ0n) is 12.3. The summed E-state index contributed by atoms with van der Waals surface area (Å²) in [5.74, 6) is 0.194. The van der Waals surface area contributed by atoms with Gasteiger partial charge in [0, 0.05) is 5.92 Å². The highest BCUT2D eigenvalue weighted by molar-refractivity contribution is 5.83. The van der Waals surface area contributed by atoms with Crippen molar-refractivity contribution in [2.45, 2.75) is 31.2 Å². The fourth-order valence-electron chi connectivity index (χ4n) is 3.55. The average molecular weight is 295 g/mol. The Morgan fingerprint density at radius 2 is 1.86 bits per heavy atom. The fraction of sp³-hybridized carbons (Fsp3) is 0.316. The SMILES string of the molecule is O=C(NC1CCc2ccccc21)C1CC1c1ccc(F)cc1. The highest BCUT2D eigenvalue weighted by Crippen LogP contribution is 2.48. The largest absolute Gasteiger partial charge is 0.349 e. The molecule has 1 fully saturated rings. The first-order valence-electron chi connectivity index (χ1n) is 7.86. The number of aryl methyl sites for hydroxylation is 1. The Morgan fingerprint density at radius 3 is 2.68 bits per heavy atom. The van der Waals surface area contributed by atoms with Gasteiger partial charge < -0.3 is 5.32 Å². The molecule has 0 aliphatic heterocycles. The predicted octanol–water partition coefficient (Wildman–Crippen LogP) is 3.73. The molecule has 1 saturated carbocycles. The van der Waals surface area contributed by atoms with Crippen molar-refractivity contribution in [1.82, 2.24) is 5.32 Å². The number of hydrogen-bond donors (Lipinski definition) is 1. The molecule has 2 aliphatic carbocycles. The van der Waals surface area contributed by atoms with Gasteiger partial charge in [0.2, 0.25) is 5.91 Å². The summed E-state index contributed by atoms with van der Waals surface area (Å²) in [6.45, 7) is 0. The molecule has 0 saturated heterocycles. The Morgan fingerprint density at radius 1 is 1.09 bits per heavy atom. The highest BCUT2D eigenvalue weighted by Gasteiger charge is 2.44. The van der Waals surface area contributed by atoms with Crippen molar-refractivity contribution in [3.63, 3.8) is 0 Å². The van der Waals surface area contributed by atoms with E-state index in [1.165, 1.54) is 23.3 Å². The topological polar surface area (TPSA) is 29.1 Å². The molecule has 0 bridgehead atoms. The van der Waals surface area contributed by atoms with Crippen LogP contribution in [0.2, 0.25) is 0 Å². The molecular weight excluding hydrogens is 277 g/mol. The molecular formula is C19H18FNO. The summed E-state index contributed by atoms with van der Waals surface area (Å²) in [6.07, 6.45) is 2.89. The number of fused-ring (bicyclic) bond motifs is 1. The molecule has 0 aromatic heterocycles. The molecule has 0 spiro atoms. The Balaban J connectivity index is 1.41. The van der Waals surface area contributed by atoms with Gasteiger partial charge in [0.25, 0.3) is 0 Å². The fourth-order valence-corrected chi connectivity index (χ4v) is 3.55. The third-order valence-electron chi connectivity index (χ3n) is 4.87. The van der Waals surface area contributed by atoms with E-state index in [0.29, 0.717) is 0 Å². The second-order valence-electron chi connectivity index (χ2n) is 6.30. The van der Waals surface area contributed by atoms with E-state index in [9.17, 15) is 9.18 Å². The second-order valence-corrected chi connectivity index (χ2v) is 6.30. The van der Waals surface area contributed by atoms with E-state index in [-0.39, 0.29) is 29.6 Å². The number of carbonyl (C=O) groups is 1. The lowest BCUT2D eigenvalue weighted by Crippen LogP contribution is -2.28. The van der Waals surface area contributed by atoms with Gasteiger partial charge >= 0.3 is 0 Å². The van der Waals surface area contributed by atoms with Gasteiger partial charge in [0.15, 0.2) is 0 Å².